The maximum Gasteiger partial charge on any atom is 0.309 e. The highest BCUT2D eigenvalue weighted by Crippen LogP contribution is 2.13. The summed E-state index contributed by atoms with van der Waals surface area (Å²) in [4.78, 5) is 13.8. The molecule has 0 bridgehead atoms. The van der Waals surface area contributed by atoms with E-state index >= 15 is 0 Å². The van der Waals surface area contributed by atoms with Gasteiger partial charge in [0, 0.05) is 19.7 Å². The third-order valence-corrected chi connectivity index (χ3v) is 3.28. The molecule has 112 valence electrons. The van der Waals surface area contributed by atoms with E-state index in [1.165, 1.54) is 12.7 Å². The molecule has 0 aliphatic heterocycles. The molecular formula is C16H25NO3. The number of benzene rings is 1. The topological polar surface area (TPSA) is 38.8 Å². The van der Waals surface area contributed by atoms with Crippen molar-refractivity contribution in [3.05, 3.63) is 35.4 Å². The minimum absolute atomic E-state index is 0.199. The lowest BCUT2D eigenvalue weighted by molar-refractivity contribution is -0.139. The Kier molecular flexibility index (Phi) is 7.92. The zero-order valence-electron chi connectivity index (χ0n) is 12.7. The minimum Gasteiger partial charge on any atom is -0.469 e. The number of hydrogen-bond donors (Lipinski definition) is 0. The first-order valence-electron chi connectivity index (χ1n) is 7.14. The Morgan fingerprint density at radius 2 is 1.90 bits per heavy atom. The van der Waals surface area contributed by atoms with E-state index in [0.717, 1.165) is 38.4 Å². The smallest absolute Gasteiger partial charge is 0.309 e. The second-order valence-electron chi connectivity index (χ2n) is 4.59. The number of likely N-dealkylation sites (N-methyl/N-ethyl adjacent to an activating group) is 1. The number of carbonyl (C=O) groups excluding carboxylic acids is 1. The fourth-order valence-electron chi connectivity index (χ4n) is 2.04. The van der Waals surface area contributed by atoms with Gasteiger partial charge in [-0.3, -0.25) is 9.69 Å². The molecule has 0 radical (unpaired) electrons. The molecule has 0 spiro atoms. The van der Waals surface area contributed by atoms with E-state index in [0.29, 0.717) is 6.42 Å². The second kappa shape index (κ2) is 9.50. The molecule has 0 aliphatic rings. The SMILES string of the molecule is CCOCCN(CC)Cc1ccccc1CC(=O)OC. The van der Waals surface area contributed by atoms with Crippen LogP contribution in [0.1, 0.15) is 25.0 Å². The van der Waals surface area contributed by atoms with Crippen LogP contribution in [0.2, 0.25) is 0 Å². The molecule has 1 aromatic rings. The van der Waals surface area contributed by atoms with Crippen molar-refractivity contribution in [2.24, 2.45) is 0 Å². The van der Waals surface area contributed by atoms with Gasteiger partial charge in [0.05, 0.1) is 20.1 Å². The molecule has 0 fully saturated rings. The van der Waals surface area contributed by atoms with Gasteiger partial charge in [0.15, 0.2) is 0 Å². The molecule has 1 rings (SSSR count). The Balaban J connectivity index is 2.66. The van der Waals surface area contributed by atoms with Crippen LogP contribution in [0.4, 0.5) is 0 Å². The summed E-state index contributed by atoms with van der Waals surface area (Å²) in [5.74, 6) is -0.199. The van der Waals surface area contributed by atoms with Crippen molar-refractivity contribution in [2.75, 3.05) is 33.4 Å². The van der Waals surface area contributed by atoms with E-state index in [2.05, 4.69) is 17.9 Å². The predicted octanol–water partition coefficient (Wildman–Crippen LogP) is 2.26. The molecule has 4 nitrogen and oxygen atoms in total. The number of carbonyl (C=O) groups is 1. The Hall–Kier alpha value is -1.39. The Morgan fingerprint density at radius 3 is 2.50 bits per heavy atom. The maximum absolute atomic E-state index is 11.4. The van der Waals surface area contributed by atoms with Gasteiger partial charge in [-0.05, 0) is 24.6 Å². The summed E-state index contributed by atoms with van der Waals surface area (Å²) in [6.07, 6.45) is 0.329. The van der Waals surface area contributed by atoms with Gasteiger partial charge in [-0.25, -0.2) is 0 Å². The van der Waals surface area contributed by atoms with Gasteiger partial charge in [0.1, 0.15) is 0 Å². The molecule has 1 aromatic carbocycles. The molecule has 0 unspecified atom stereocenters. The molecule has 0 saturated heterocycles. The number of ether oxygens (including phenoxy) is 2. The van der Waals surface area contributed by atoms with Crippen LogP contribution in [0.3, 0.4) is 0 Å². The Bertz CT molecular complexity index is 406. The van der Waals surface area contributed by atoms with Crippen LogP contribution in [0.15, 0.2) is 24.3 Å². The van der Waals surface area contributed by atoms with Crippen LogP contribution in [0.25, 0.3) is 0 Å². The van der Waals surface area contributed by atoms with E-state index in [9.17, 15) is 4.79 Å². The zero-order valence-corrected chi connectivity index (χ0v) is 12.7. The van der Waals surface area contributed by atoms with Gasteiger partial charge in [0.25, 0.3) is 0 Å². The third kappa shape index (κ3) is 5.72. The number of methoxy groups -OCH3 is 1. The van der Waals surface area contributed by atoms with Gasteiger partial charge in [-0.1, -0.05) is 31.2 Å². The fourth-order valence-corrected chi connectivity index (χ4v) is 2.04. The van der Waals surface area contributed by atoms with E-state index in [1.807, 2.05) is 25.1 Å². The fraction of sp³-hybridized carbons (Fsp3) is 0.562. The standard InChI is InChI=1S/C16H25NO3/c1-4-17(10-11-20-5-2)13-15-9-7-6-8-14(15)12-16(18)19-3/h6-9H,4-5,10-13H2,1-3H3. The van der Waals surface area contributed by atoms with Crippen molar-refractivity contribution >= 4 is 5.97 Å². The molecule has 0 amide bonds. The van der Waals surface area contributed by atoms with Gasteiger partial charge in [-0.15, -0.1) is 0 Å². The Morgan fingerprint density at radius 1 is 1.20 bits per heavy atom. The van der Waals surface area contributed by atoms with Crippen LogP contribution in [0.5, 0.6) is 0 Å². The second-order valence-corrected chi connectivity index (χ2v) is 4.59. The molecule has 0 heterocycles. The summed E-state index contributed by atoms with van der Waals surface area (Å²) in [7, 11) is 1.42. The largest absolute Gasteiger partial charge is 0.469 e. The van der Waals surface area contributed by atoms with Gasteiger partial charge in [-0.2, -0.15) is 0 Å². The van der Waals surface area contributed by atoms with E-state index in [4.69, 9.17) is 9.47 Å². The normalized spacial score (nSPS) is 10.8. The summed E-state index contributed by atoms with van der Waals surface area (Å²) < 4.78 is 10.1. The lowest BCUT2D eigenvalue weighted by Crippen LogP contribution is -2.27. The van der Waals surface area contributed by atoms with E-state index in [-0.39, 0.29) is 5.97 Å². The van der Waals surface area contributed by atoms with Gasteiger partial charge >= 0.3 is 5.97 Å². The highest BCUT2D eigenvalue weighted by molar-refractivity contribution is 5.72. The summed E-state index contributed by atoms with van der Waals surface area (Å²) in [5, 5.41) is 0. The number of nitrogens with zero attached hydrogens (tertiary/aromatic N) is 1. The number of esters is 1. The summed E-state index contributed by atoms with van der Waals surface area (Å²) in [6, 6.07) is 8.02. The average Bonchev–Trinajstić information content (AvgIpc) is 2.48. The van der Waals surface area contributed by atoms with Crippen LogP contribution in [-0.4, -0.2) is 44.3 Å². The minimum atomic E-state index is -0.199. The van der Waals surface area contributed by atoms with Crippen LogP contribution in [-0.2, 0) is 27.2 Å². The van der Waals surface area contributed by atoms with Crippen LogP contribution in [0, 0.1) is 0 Å². The highest BCUT2D eigenvalue weighted by Gasteiger charge is 2.10. The number of hydrogen-bond acceptors (Lipinski definition) is 4. The predicted molar refractivity (Wildman–Crippen MR) is 79.6 cm³/mol. The van der Waals surface area contributed by atoms with Crippen molar-refractivity contribution in [2.45, 2.75) is 26.8 Å². The quantitative estimate of drug-likeness (QED) is 0.513. The maximum atomic E-state index is 11.4. The zero-order chi connectivity index (χ0) is 14.8. The highest BCUT2D eigenvalue weighted by atomic mass is 16.5. The lowest BCUT2D eigenvalue weighted by Gasteiger charge is -2.21. The van der Waals surface area contributed by atoms with Crippen molar-refractivity contribution in [3.8, 4) is 0 Å². The Labute approximate surface area is 121 Å². The monoisotopic (exact) mass is 279 g/mol. The van der Waals surface area contributed by atoms with E-state index in [1.54, 1.807) is 0 Å². The van der Waals surface area contributed by atoms with Crippen molar-refractivity contribution < 1.29 is 14.3 Å². The first-order chi connectivity index (χ1) is 9.71. The third-order valence-electron chi connectivity index (χ3n) is 3.28. The molecule has 0 aromatic heterocycles. The molecule has 4 heteroatoms. The van der Waals surface area contributed by atoms with Crippen molar-refractivity contribution in [3.63, 3.8) is 0 Å². The molecule has 0 N–H and O–H groups in total. The van der Waals surface area contributed by atoms with Gasteiger partial charge in [0.2, 0.25) is 0 Å². The molecule has 0 saturated carbocycles. The van der Waals surface area contributed by atoms with Crippen LogP contribution < -0.4 is 0 Å². The van der Waals surface area contributed by atoms with Crippen molar-refractivity contribution in [1.29, 1.82) is 0 Å². The molecule has 20 heavy (non-hydrogen) atoms. The first kappa shape index (κ1) is 16.7. The van der Waals surface area contributed by atoms with E-state index < -0.39 is 0 Å². The number of rotatable bonds is 9. The summed E-state index contributed by atoms with van der Waals surface area (Å²) in [5.41, 5.74) is 2.21. The molecule has 0 atom stereocenters. The van der Waals surface area contributed by atoms with Crippen molar-refractivity contribution in [1.82, 2.24) is 4.90 Å². The molecule has 0 aliphatic carbocycles. The average molecular weight is 279 g/mol. The van der Waals surface area contributed by atoms with Crippen LogP contribution >= 0.6 is 0 Å². The van der Waals surface area contributed by atoms with Gasteiger partial charge < -0.3 is 9.47 Å². The first-order valence-corrected chi connectivity index (χ1v) is 7.14. The summed E-state index contributed by atoms with van der Waals surface area (Å²) >= 11 is 0. The molecular weight excluding hydrogens is 254 g/mol. The summed E-state index contributed by atoms with van der Waals surface area (Å²) in [6.45, 7) is 8.31. The lowest BCUT2D eigenvalue weighted by atomic mass is 10.0.